The smallest absolute Gasteiger partial charge is 0.310 e. The fourth-order valence-electron chi connectivity index (χ4n) is 3.02. The highest BCUT2D eigenvalue weighted by Crippen LogP contribution is 2.28. The number of rotatable bonds is 5. The Morgan fingerprint density at radius 1 is 1.46 bits per heavy atom. The minimum Gasteiger partial charge on any atom is -0.391 e. The van der Waals surface area contributed by atoms with Gasteiger partial charge in [0, 0.05) is 19.1 Å². The number of ether oxygens (including phenoxy) is 1. The molecule has 24 heavy (non-hydrogen) atoms. The highest BCUT2D eigenvalue weighted by atomic mass is 32.2. The Kier molecular flexibility index (Phi) is 5.53. The summed E-state index contributed by atoms with van der Waals surface area (Å²) in [6.07, 6.45) is -1.00. The number of halogens is 1. The quantitative estimate of drug-likeness (QED) is 0.563. The van der Waals surface area contributed by atoms with Crippen LogP contribution in [0.3, 0.4) is 0 Å². The Balaban J connectivity index is 2.34. The third-order valence-corrected chi connectivity index (χ3v) is 5.85. The molecule has 0 unspecified atom stereocenters. The Bertz CT molecular complexity index is 739. The van der Waals surface area contributed by atoms with Crippen LogP contribution in [0.2, 0.25) is 0 Å². The third kappa shape index (κ3) is 4.07. The molecule has 3 N–H and O–H groups in total. The minimum atomic E-state index is -3.40. The van der Waals surface area contributed by atoms with Crippen molar-refractivity contribution in [3.05, 3.63) is 39.2 Å². The van der Waals surface area contributed by atoms with E-state index in [0.29, 0.717) is 5.56 Å². The van der Waals surface area contributed by atoms with Crippen LogP contribution < -0.4 is 5.73 Å². The van der Waals surface area contributed by atoms with E-state index < -0.39 is 44.3 Å². The molecule has 1 aliphatic rings. The first-order valence-electron chi connectivity index (χ1n) is 7.23. The molecule has 1 aromatic carbocycles. The van der Waals surface area contributed by atoms with E-state index in [9.17, 15) is 28.0 Å². The summed E-state index contributed by atoms with van der Waals surface area (Å²) in [5, 5.41) is 21.1. The van der Waals surface area contributed by atoms with Gasteiger partial charge in [-0.1, -0.05) is 0 Å². The summed E-state index contributed by atoms with van der Waals surface area (Å²) in [7, 11) is -2.07. The molecule has 1 aromatic rings. The van der Waals surface area contributed by atoms with E-state index in [0.717, 1.165) is 6.07 Å². The van der Waals surface area contributed by atoms with Crippen molar-refractivity contribution in [2.75, 3.05) is 18.6 Å². The van der Waals surface area contributed by atoms with E-state index in [1.54, 1.807) is 0 Å². The molecule has 10 heteroatoms. The molecular formula is C14H19FN2O6S. The average molecular weight is 362 g/mol. The topological polar surface area (TPSA) is 133 Å². The first-order valence-corrected chi connectivity index (χ1v) is 9.05. The summed E-state index contributed by atoms with van der Waals surface area (Å²) in [5.74, 6) is -2.29. The molecule has 1 saturated heterocycles. The van der Waals surface area contributed by atoms with Crippen LogP contribution in [0.5, 0.6) is 0 Å². The van der Waals surface area contributed by atoms with Gasteiger partial charge in [0.25, 0.3) is 0 Å². The minimum absolute atomic E-state index is 0.0414. The largest absolute Gasteiger partial charge is 0.391 e. The molecule has 0 bridgehead atoms. The zero-order valence-electron chi connectivity index (χ0n) is 13.0. The SMILES string of the molecule is COCc1cc(C[C@@H]2CS(=O)(=O)C[C@H](N)[C@H]2O)cc(F)c1[N+](=O)[O-]. The van der Waals surface area contributed by atoms with E-state index in [1.165, 1.54) is 13.2 Å². The summed E-state index contributed by atoms with van der Waals surface area (Å²) < 4.78 is 42.5. The second kappa shape index (κ2) is 7.09. The van der Waals surface area contributed by atoms with E-state index in [1.807, 2.05) is 0 Å². The van der Waals surface area contributed by atoms with Gasteiger partial charge in [0.05, 0.1) is 34.7 Å². The number of nitro benzene ring substituents is 1. The van der Waals surface area contributed by atoms with Gasteiger partial charge in [-0.25, -0.2) is 8.42 Å². The van der Waals surface area contributed by atoms with Crippen molar-refractivity contribution >= 4 is 15.5 Å². The van der Waals surface area contributed by atoms with Crippen LogP contribution in [0.1, 0.15) is 11.1 Å². The number of nitrogens with zero attached hydrogens (tertiary/aromatic N) is 1. The molecule has 0 radical (unpaired) electrons. The van der Waals surface area contributed by atoms with Gasteiger partial charge in [0.2, 0.25) is 5.82 Å². The summed E-state index contributed by atoms with van der Waals surface area (Å²) in [6.45, 7) is -0.161. The summed E-state index contributed by atoms with van der Waals surface area (Å²) in [6, 6.07) is 1.47. The van der Waals surface area contributed by atoms with Crippen LogP contribution in [0.15, 0.2) is 12.1 Å². The number of nitro groups is 1. The standard InChI is InChI=1S/C14H19FN2O6S/c1-23-5-9-2-8(4-11(15)13(9)17(19)20)3-10-6-24(21,22)7-12(16)14(10)18/h2,4,10,12,14,18H,3,5-7,16H2,1H3/t10-,12+,14+/m1/s1. The molecule has 0 aromatic heterocycles. The van der Waals surface area contributed by atoms with Gasteiger partial charge in [-0.15, -0.1) is 0 Å². The lowest BCUT2D eigenvalue weighted by Crippen LogP contribution is -2.52. The van der Waals surface area contributed by atoms with Crippen LogP contribution in [0.25, 0.3) is 0 Å². The zero-order valence-corrected chi connectivity index (χ0v) is 13.8. The molecule has 1 aliphatic heterocycles. The lowest BCUT2D eigenvalue weighted by molar-refractivity contribution is -0.388. The molecule has 2 rings (SSSR count). The number of nitrogens with two attached hydrogens (primary N) is 1. The predicted molar refractivity (Wildman–Crippen MR) is 83.6 cm³/mol. The monoisotopic (exact) mass is 362 g/mol. The van der Waals surface area contributed by atoms with Crippen molar-refractivity contribution in [1.29, 1.82) is 0 Å². The second-order valence-electron chi connectivity index (χ2n) is 5.97. The van der Waals surface area contributed by atoms with Gasteiger partial charge in [0.1, 0.15) is 0 Å². The first-order chi connectivity index (χ1) is 11.1. The number of hydrogen-bond donors (Lipinski definition) is 2. The molecule has 1 heterocycles. The fourth-order valence-corrected chi connectivity index (χ4v) is 4.91. The van der Waals surface area contributed by atoms with E-state index in [-0.39, 0.29) is 30.1 Å². The Morgan fingerprint density at radius 2 is 2.12 bits per heavy atom. The van der Waals surface area contributed by atoms with Gasteiger partial charge in [0.15, 0.2) is 9.84 Å². The highest BCUT2D eigenvalue weighted by molar-refractivity contribution is 7.91. The predicted octanol–water partition coefficient (Wildman–Crippen LogP) is 0.156. The van der Waals surface area contributed by atoms with Crippen LogP contribution in [0.4, 0.5) is 10.1 Å². The van der Waals surface area contributed by atoms with Crippen molar-refractivity contribution in [3.8, 4) is 0 Å². The van der Waals surface area contributed by atoms with Crippen LogP contribution in [0, 0.1) is 21.8 Å². The second-order valence-corrected chi connectivity index (χ2v) is 8.12. The van der Waals surface area contributed by atoms with E-state index in [2.05, 4.69) is 0 Å². The Morgan fingerprint density at radius 3 is 2.71 bits per heavy atom. The average Bonchev–Trinajstić information content (AvgIpc) is 2.43. The van der Waals surface area contributed by atoms with Crippen LogP contribution >= 0.6 is 0 Å². The maximum atomic E-state index is 14.1. The number of hydrogen-bond acceptors (Lipinski definition) is 7. The van der Waals surface area contributed by atoms with Crippen molar-refractivity contribution in [1.82, 2.24) is 0 Å². The molecule has 0 amide bonds. The molecular weight excluding hydrogens is 343 g/mol. The number of benzene rings is 1. The molecule has 3 atom stereocenters. The summed E-state index contributed by atoms with van der Waals surface area (Å²) >= 11 is 0. The van der Waals surface area contributed by atoms with Crippen LogP contribution in [-0.4, -0.2) is 49.2 Å². The Hall–Kier alpha value is -1.62. The number of aliphatic hydroxyl groups is 1. The number of sulfone groups is 1. The van der Waals surface area contributed by atoms with Gasteiger partial charge in [-0.05, 0) is 24.1 Å². The van der Waals surface area contributed by atoms with Crippen molar-refractivity contribution in [3.63, 3.8) is 0 Å². The van der Waals surface area contributed by atoms with E-state index in [4.69, 9.17) is 10.5 Å². The van der Waals surface area contributed by atoms with Gasteiger partial charge in [-0.2, -0.15) is 4.39 Å². The fraction of sp³-hybridized carbons (Fsp3) is 0.571. The number of aliphatic hydroxyl groups excluding tert-OH is 1. The highest BCUT2D eigenvalue weighted by Gasteiger charge is 2.37. The van der Waals surface area contributed by atoms with Crippen molar-refractivity contribution < 1.29 is 27.6 Å². The van der Waals surface area contributed by atoms with Gasteiger partial charge < -0.3 is 15.6 Å². The maximum absolute atomic E-state index is 14.1. The summed E-state index contributed by atoms with van der Waals surface area (Å²) in [5.41, 5.74) is 5.38. The lowest BCUT2D eigenvalue weighted by atomic mass is 9.91. The molecule has 0 spiro atoms. The van der Waals surface area contributed by atoms with Crippen molar-refractivity contribution in [2.45, 2.75) is 25.2 Å². The molecule has 0 aliphatic carbocycles. The molecule has 8 nitrogen and oxygen atoms in total. The lowest BCUT2D eigenvalue weighted by Gasteiger charge is -2.32. The normalized spacial score (nSPS) is 26.2. The third-order valence-electron chi connectivity index (χ3n) is 4.02. The Labute approximate surface area is 138 Å². The zero-order chi connectivity index (χ0) is 18.1. The number of methoxy groups -OCH3 is 1. The first kappa shape index (κ1) is 18.7. The van der Waals surface area contributed by atoms with Gasteiger partial charge in [-0.3, -0.25) is 10.1 Å². The molecule has 1 fully saturated rings. The summed E-state index contributed by atoms with van der Waals surface area (Å²) in [4.78, 5) is 10.1. The maximum Gasteiger partial charge on any atom is 0.310 e. The van der Waals surface area contributed by atoms with Crippen molar-refractivity contribution in [2.24, 2.45) is 11.7 Å². The van der Waals surface area contributed by atoms with Crippen LogP contribution in [-0.2, 0) is 27.6 Å². The van der Waals surface area contributed by atoms with Gasteiger partial charge >= 0.3 is 5.69 Å². The molecule has 0 saturated carbocycles. The van der Waals surface area contributed by atoms with E-state index >= 15 is 0 Å². The molecule has 134 valence electrons.